The second-order valence-corrected chi connectivity index (χ2v) is 4.35. The summed E-state index contributed by atoms with van der Waals surface area (Å²) in [6.45, 7) is 2.14. The minimum absolute atomic E-state index is 1.07. The van der Waals surface area contributed by atoms with Gasteiger partial charge in [0, 0.05) is 0 Å². The van der Waals surface area contributed by atoms with E-state index in [1.54, 1.807) is 0 Å². The second-order valence-electron chi connectivity index (χ2n) is 4.35. The average Bonchev–Trinajstić information content (AvgIpc) is 2.72. The van der Waals surface area contributed by atoms with Crippen molar-refractivity contribution in [3.8, 4) is 0 Å². The van der Waals surface area contributed by atoms with Gasteiger partial charge in [-0.1, -0.05) is 60.2 Å². The molecule has 0 atom stereocenters. The Labute approximate surface area is 96.3 Å². The molecule has 0 N–H and O–H groups in total. The summed E-state index contributed by atoms with van der Waals surface area (Å²) in [7, 11) is 0. The van der Waals surface area contributed by atoms with Gasteiger partial charge in [-0.3, -0.25) is 0 Å². The van der Waals surface area contributed by atoms with Crippen molar-refractivity contribution in [3.63, 3.8) is 0 Å². The molecule has 0 aliphatic heterocycles. The highest BCUT2D eigenvalue weighted by atomic mass is 14.2. The van der Waals surface area contributed by atoms with Gasteiger partial charge in [-0.05, 0) is 35.6 Å². The van der Waals surface area contributed by atoms with E-state index in [0.29, 0.717) is 0 Å². The monoisotopic (exact) mass is 206 g/mol. The van der Waals surface area contributed by atoms with E-state index in [4.69, 9.17) is 0 Å². The van der Waals surface area contributed by atoms with Crippen molar-refractivity contribution in [2.24, 2.45) is 0 Å². The number of aryl methyl sites for hydroxylation is 1. The van der Waals surface area contributed by atoms with E-state index in [0.717, 1.165) is 6.42 Å². The molecule has 0 radical (unpaired) electrons. The largest absolute Gasteiger partial charge is 0.0716 e. The standard InChI is InChI=1S/C16H14/c1-12-5-4-7-14(11-12)16-10-9-13-6-2-3-8-15(13)16/h2-8,10-11H,9H2,1H3. The van der Waals surface area contributed by atoms with Crippen molar-refractivity contribution >= 4 is 5.57 Å². The van der Waals surface area contributed by atoms with Gasteiger partial charge in [0.15, 0.2) is 0 Å². The Hall–Kier alpha value is -1.82. The second kappa shape index (κ2) is 3.64. The lowest BCUT2D eigenvalue weighted by molar-refractivity contribution is 1.31. The van der Waals surface area contributed by atoms with Crippen LogP contribution in [-0.2, 0) is 6.42 Å². The van der Waals surface area contributed by atoms with E-state index in [2.05, 4.69) is 61.5 Å². The molecule has 1 aliphatic rings. The molecule has 16 heavy (non-hydrogen) atoms. The van der Waals surface area contributed by atoms with Crippen LogP contribution < -0.4 is 0 Å². The summed E-state index contributed by atoms with van der Waals surface area (Å²) in [5.74, 6) is 0. The van der Waals surface area contributed by atoms with Crippen molar-refractivity contribution in [2.45, 2.75) is 13.3 Å². The summed E-state index contributed by atoms with van der Waals surface area (Å²) < 4.78 is 0. The lowest BCUT2D eigenvalue weighted by Gasteiger charge is -2.06. The maximum absolute atomic E-state index is 2.33. The fraction of sp³-hybridized carbons (Fsp3) is 0.125. The van der Waals surface area contributed by atoms with Gasteiger partial charge >= 0.3 is 0 Å². The molecule has 0 aromatic heterocycles. The molecule has 3 rings (SSSR count). The molecular weight excluding hydrogens is 192 g/mol. The van der Waals surface area contributed by atoms with Crippen LogP contribution in [0.1, 0.15) is 22.3 Å². The maximum Gasteiger partial charge on any atom is -0.00819 e. The molecule has 0 saturated carbocycles. The molecule has 2 aromatic rings. The summed E-state index contributed by atoms with van der Waals surface area (Å²) in [4.78, 5) is 0. The molecule has 0 amide bonds. The third-order valence-corrected chi connectivity index (χ3v) is 3.16. The van der Waals surface area contributed by atoms with Gasteiger partial charge in [-0.25, -0.2) is 0 Å². The highest BCUT2D eigenvalue weighted by Gasteiger charge is 2.14. The van der Waals surface area contributed by atoms with Crippen molar-refractivity contribution in [1.29, 1.82) is 0 Å². The highest BCUT2D eigenvalue weighted by molar-refractivity contribution is 5.84. The van der Waals surface area contributed by atoms with Gasteiger partial charge in [0.2, 0.25) is 0 Å². The molecule has 0 fully saturated rings. The Balaban J connectivity index is 2.11. The summed E-state index contributed by atoms with van der Waals surface area (Å²) in [5, 5.41) is 0. The number of hydrogen-bond donors (Lipinski definition) is 0. The summed E-state index contributed by atoms with van der Waals surface area (Å²) in [5.41, 5.74) is 6.89. The van der Waals surface area contributed by atoms with Gasteiger partial charge in [-0.15, -0.1) is 0 Å². The molecule has 0 heterocycles. The molecule has 0 spiro atoms. The third kappa shape index (κ3) is 1.47. The number of hydrogen-bond acceptors (Lipinski definition) is 0. The van der Waals surface area contributed by atoms with Crippen LogP contribution in [0.3, 0.4) is 0 Å². The minimum Gasteiger partial charge on any atom is -0.0716 e. The van der Waals surface area contributed by atoms with E-state index < -0.39 is 0 Å². The van der Waals surface area contributed by atoms with Gasteiger partial charge in [0.25, 0.3) is 0 Å². The zero-order valence-corrected chi connectivity index (χ0v) is 9.40. The first-order chi connectivity index (χ1) is 7.84. The molecule has 0 bridgehead atoms. The molecule has 78 valence electrons. The van der Waals surface area contributed by atoms with Crippen LogP contribution in [-0.4, -0.2) is 0 Å². The zero-order chi connectivity index (χ0) is 11.0. The Bertz CT molecular complexity index is 562. The predicted molar refractivity (Wildman–Crippen MR) is 68.4 cm³/mol. The fourth-order valence-corrected chi connectivity index (χ4v) is 2.37. The molecule has 0 nitrogen and oxygen atoms in total. The molecule has 0 unspecified atom stereocenters. The minimum atomic E-state index is 1.07. The van der Waals surface area contributed by atoms with E-state index in [-0.39, 0.29) is 0 Å². The fourth-order valence-electron chi connectivity index (χ4n) is 2.37. The lowest BCUT2D eigenvalue weighted by Crippen LogP contribution is -1.87. The SMILES string of the molecule is Cc1cccc(C2=CCc3ccccc32)c1. The summed E-state index contributed by atoms with van der Waals surface area (Å²) in [6, 6.07) is 17.4. The molecular formula is C16H14. The summed E-state index contributed by atoms with van der Waals surface area (Å²) >= 11 is 0. The molecule has 2 aromatic carbocycles. The quantitative estimate of drug-likeness (QED) is 0.662. The predicted octanol–water partition coefficient (Wildman–Crippen LogP) is 3.98. The van der Waals surface area contributed by atoms with Crippen molar-refractivity contribution in [1.82, 2.24) is 0 Å². The number of rotatable bonds is 1. The van der Waals surface area contributed by atoms with Gasteiger partial charge < -0.3 is 0 Å². The smallest absolute Gasteiger partial charge is 0.00819 e. The van der Waals surface area contributed by atoms with E-state index in [9.17, 15) is 0 Å². The third-order valence-electron chi connectivity index (χ3n) is 3.16. The van der Waals surface area contributed by atoms with Crippen LogP contribution in [0.15, 0.2) is 54.6 Å². The van der Waals surface area contributed by atoms with Crippen LogP contribution in [0, 0.1) is 6.92 Å². The van der Waals surface area contributed by atoms with Crippen molar-refractivity contribution < 1.29 is 0 Å². The zero-order valence-electron chi connectivity index (χ0n) is 9.40. The van der Waals surface area contributed by atoms with E-state index in [1.165, 1.54) is 27.8 Å². The Kier molecular flexibility index (Phi) is 2.14. The first-order valence-corrected chi connectivity index (χ1v) is 5.70. The number of fused-ring (bicyclic) bond motifs is 1. The number of benzene rings is 2. The Morgan fingerprint density at radius 3 is 2.69 bits per heavy atom. The van der Waals surface area contributed by atoms with Crippen LogP contribution in [0.4, 0.5) is 0 Å². The van der Waals surface area contributed by atoms with Crippen LogP contribution in [0.5, 0.6) is 0 Å². The Morgan fingerprint density at radius 2 is 1.81 bits per heavy atom. The Morgan fingerprint density at radius 1 is 0.938 bits per heavy atom. The number of allylic oxidation sites excluding steroid dienone is 1. The maximum atomic E-state index is 2.33. The summed E-state index contributed by atoms with van der Waals surface area (Å²) in [6.07, 6.45) is 3.40. The van der Waals surface area contributed by atoms with E-state index >= 15 is 0 Å². The van der Waals surface area contributed by atoms with Crippen molar-refractivity contribution in [2.75, 3.05) is 0 Å². The van der Waals surface area contributed by atoms with Crippen molar-refractivity contribution in [3.05, 3.63) is 76.9 Å². The topological polar surface area (TPSA) is 0 Å². The van der Waals surface area contributed by atoms with Crippen LogP contribution in [0.2, 0.25) is 0 Å². The first-order valence-electron chi connectivity index (χ1n) is 5.70. The lowest BCUT2D eigenvalue weighted by atomic mass is 9.98. The van der Waals surface area contributed by atoms with Gasteiger partial charge in [0.05, 0.1) is 0 Å². The van der Waals surface area contributed by atoms with Gasteiger partial charge in [-0.2, -0.15) is 0 Å². The average molecular weight is 206 g/mol. The molecule has 0 saturated heterocycles. The van der Waals surface area contributed by atoms with Gasteiger partial charge in [0.1, 0.15) is 0 Å². The molecule has 1 aliphatic carbocycles. The van der Waals surface area contributed by atoms with Crippen LogP contribution in [0.25, 0.3) is 5.57 Å². The molecule has 0 heteroatoms. The highest BCUT2D eigenvalue weighted by Crippen LogP contribution is 2.32. The normalized spacial score (nSPS) is 13.4. The van der Waals surface area contributed by atoms with Crippen LogP contribution >= 0.6 is 0 Å². The first kappa shape index (κ1) is 9.41. The van der Waals surface area contributed by atoms with E-state index in [1.807, 2.05) is 0 Å².